The Bertz CT molecular complexity index is 466. The van der Waals surface area contributed by atoms with Gasteiger partial charge in [-0.05, 0) is 26.0 Å². The van der Waals surface area contributed by atoms with Crippen LogP contribution in [0, 0.1) is 0 Å². The van der Waals surface area contributed by atoms with Crippen LogP contribution in [0.5, 0.6) is 5.75 Å². The number of aliphatic hydroxyl groups is 1. The molecule has 0 spiro atoms. The highest BCUT2D eigenvalue weighted by Gasteiger charge is 2.37. The minimum atomic E-state index is -4.44. The SMILES string of the molecule is CC(C)(O)CN1CCOc2c1cccc2C(F)(F)F. The Labute approximate surface area is 109 Å². The van der Waals surface area contributed by atoms with Crippen molar-refractivity contribution in [2.24, 2.45) is 0 Å². The average Bonchev–Trinajstić information content (AvgIpc) is 2.25. The summed E-state index contributed by atoms with van der Waals surface area (Å²) in [6, 6.07) is 3.94. The molecule has 0 aromatic heterocycles. The molecule has 0 atom stereocenters. The number of fused-ring (bicyclic) bond motifs is 1. The first-order valence-electron chi connectivity index (χ1n) is 5.99. The molecule has 2 rings (SSSR count). The average molecular weight is 275 g/mol. The molecule has 0 saturated heterocycles. The zero-order valence-corrected chi connectivity index (χ0v) is 10.8. The Morgan fingerprint density at radius 2 is 2.00 bits per heavy atom. The van der Waals surface area contributed by atoms with Crippen LogP contribution in [0.3, 0.4) is 0 Å². The van der Waals surface area contributed by atoms with Gasteiger partial charge in [-0.25, -0.2) is 0 Å². The van der Waals surface area contributed by atoms with E-state index in [1.165, 1.54) is 6.07 Å². The molecule has 0 aliphatic carbocycles. The summed E-state index contributed by atoms with van der Waals surface area (Å²) >= 11 is 0. The van der Waals surface area contributed by atoms with Crippen LogP contribution >= 0.6 is 0 Å². The highest BCUT2D eigenvalue weighted by molar-refractivity contribution is 5.64. The maximum absolute atomic E-state index is 12.9. The van der Waals surface area contributed by atoms with E-state index in [-0.39, 0.29) is 18.9 Å². The number of rotatable bonds is 2. The highest BCUT2D eigenvalue weighted by atomic mass is 19.4. The molecule has 1 aromatic carbocycles. The molecule has 106 valence electrons. The van der Waals surface area contributed by atoms with E-state index in [4.69, 9.17) is 4.74 Å². The minimum absolute atomic E-state index is 0.148. The standard InChI is InChI=1S/C13H16F3NO2/c1-12(2,18)8-17-6-7-19-11-9(13(14,15)16)4-3-5-10(11)17/h3-5,18H,6-8H2,1-2H3. The lowest BCUT2D eigenvalue weighted by molar-refractivity contribution is -0.139. The van der Waals surface area contributed by atoms with Gasteiger partial charge in [0.05, 0.1) is 23.4 Å². The smallest absolute Gasteiger partial charge is 0.420 e. The van der Waals surface area contributed by atoms with Crippen LogP contribution in [0.2, 0.25) is 0 Å². The van der Waals surface area contributed by atoms with Crippen molar-refractivity contribution in [3.8, 4) is 5.75 Å². The van der Waals surface area contributed by atoms with Crippen LogP contribution in [-0.2, 0) is 6.18 Å². The van der Waals surface area contributed by atoms with E-state index in [1.807, 2.05) is 0 Å². The first-order valence-corrected chi connectivity index (χ1v) is 5.99. The Morgan fingerprint density at radius 3 is 2.58 bits per heavy atom. The zero-order valence-electron chi connectivity index (χ0n) is 10.8. The van der Waals surface area contributed by atoms with E-state index in [9.17, 15) is 18.3 Å². The van der Waals surface area contributed by atoms with Gasteiger partial charge in [-0.15, -0.1) is 0 Å². The Hall–Kier alpha value is -1.43. The van der Waals surface area contributed by atoms with Crippen LogP contribution in [0.25, 0.3) is 0 Å². The fraction of sp³-hybridized carbons (Fsp3) is 0.538. The molecule has 19 heavy (non-hydrogen) atoms. The molecule has 0 radical (unpaired) electrons. The van der Waals surface area contributed by atoms with Crippen molar-refractivity contribution in [2.45, 2.75) is 25.6 Å². The molecule has 0 saturated carbocycles. The zero-order chi connectivity index (χ0) is 14.3. The Morgan fingerprint density at radius 1 is 1.32 bits per heavy atom. The molecule has 0 bridgehead atoms. The van der Waals surface area contributed by atoms with E-state index in [1.54, 1.807) is 24.8 Å². The van der Waals surface area contributed by atoms with Crippen molar-refractivity contribution in [2.75, 3.05) is 24.6 Å². The quantitative estimate of drug-likeness (QED) is 0.900. The predicted molar refractivity (Wildman–Crippen MR) is 65.4 cm³/mol. The van der Waals surface area contributed by atoms with E-state index < -0.39 is 17.3 Å². The van der Waals surface area contributed by atoms with E-state index in [0.29, 0.717) is 12.2 Å². The number of hydrogen-bond acceptors (Lipinski definition) is 3. The van der Waals surface area contributed by atoms with Gasteiger partial charge < -0.3 is 14.7 Å². The largest absolute Gasteiger partial charge is 0.489 e. The van der Waals surface area contributed by atoms with Crippen molar-refractivity contribution in [3.63, 3.8) is 0 Å². The van der Waals surface area contributed by atoms with Crippen LogP contribution in [0.1, 0.15) is 19.4 Å². The maximum atomic E-state index is 12.9. The number of β-amino-alcohol motifs (C(OH)–C–C–N with tert-alkyl or cyclic N) is 1. The molecule has 1 aromatic rings. The van der Waals surface area contributed by atoms with Crippen molar-refractivity contribution < 1.29 is 23.0 Å². The van der Waals surface area contributed by atoms with Crippen molar-refractivity contribution in [3.05, 3.63) is 23.8 Å². The molecule has 0 fully saturated rings. The number of anilines is 1. The first-order chi connectivity index (χ1) is 8.68. The number of ether oxygens (including phenoxy) is 1. The summed E-state index contributed by atoms with van der Waals surface area (Å²) in [4.78, 5) is 1.72. The lowest BCUT2D eigenvalue weighted by atomic mass is 10.1. The first kappa shape index (κ1) is 14.0. The molecule has 6 heteroatoms. The van der Waals surface area contributed by atoms with Gasteiger partial charge in [-0.2, -0.15) is 13.2 Å². The number of benzene rings is 1. The van der Waals surface area contributed by atoms with E-state index in [2.05, 4.69) is 0 Å². The summed E-state index contributed by atoms with van der Waals surface area (Å²) in [5.74, 6) is -0.148. The molecule has 1 heterocycles. The van der Waals surface area contributed by atoms with Gasteiger partial charge in [-0.3, -0.25) is 0 Å². The number of para-hydroxylation sites is 1. The van der Waals surface area contributed by atoms with Gasteiger partial charge in [0.25, 0.3) is 0 Å². The Balaban J connectivity index is 2.41. The number of nitrogens with zero attached hydrogens (tertiary/aromatic N) is 1. The van der Waals surface area contributed by atoms with Crippen molar-refractivity contribution in [1.29, 1.82) is 0 Å². The second kappa shape index (κ2) is 4.59. The molecule has 1 aliphatic rings. The van der Waals surface area contributed by atoms with E-state index in [0.717, 1.165) is 6.07 Å². The van der Waals surface area contributed by atoms with Gasteiger partial charge in [0, 0.05) is 6.54 Å². The summed E-state index contributed by atoms with van der Waals surface area (Å²) in [6.45, 7) is 4.13. The fourth-order valence-electron chi connectivity index (χ4n) is 2.16. The summed E-state index contributed by atoms with van der Waals surface area (Å²) in [5.41, 5.74) is -1.38. The predicted octanol–water partition coefficient (Wildman–Crippen LogP) is 2.68. The van der Waals surface area contributed by atoms with Crippen LogP contribution in [-0.4, -0.2) is 30.4 Å². The normalized spacial score (nSPS) is 16.0. The number of hydrogen-bond donors (Lipinski definition) is 1. The molecular formula is C13H16F3NO2. The van der Waals surface area contributed by atoms with Gasteiger partial charge in [0.1, 0.15) is 6.61 Å². The molecule has 3 nitrogen and oxygen atoms in total. The topological polar surface area (TPSA) is 32.7 Å². The summed E-state index contributed by atoms with van der Waals surface area (Å²) in [7, 11) is 0. The fourth-order valence-corrected chi connectivity index (χ4v) is 2.16. The lowest BCUT2D eigenvalue weighted by Gasteiger charge is -2.36. The third-order valence-electron chi connectivity index (χ3n) is 2.83. The summed E-state index contributed by atoms with van der Waals surface area (Å²) < 4.78 is 43.9. The second-order valence-electron chi connectivity index (χ2n) is 5.23. The monoisotopic (exact) mass is 275 g/mol. The summed E-state index contributed by atoms with van der Waals surface area (Å²) in [5, 5.41) is 9.82. The lowest BCUT2D eigenvalue weighted by Crippen LogP contribution is -2.43. The second-order valence-corrected chi connectivity index (χ2v) is 5.23. The Kier molecular flexibility index (Phi) is 3.38. The molecule has 1 aliphatic heterocycles. The molecule has 0 amide bonds. The number of alkyl halides is 3. The van der Waals surface area contributed by atoms with Crippen LogP contribution in [0.4, 0.5) is 18.9 Å². The highest BCUT2D eigenvalue weighted by Crippen LogP contribution is 2.43. The minimum Gasteiger partial charge on any atom is -0.489 e. The van der Waals surface area contributed by atoms with Gasteiger partial charge >= 0.3 is 6.18 Å². The third kappa shape index (κ3) is 3.12. The number of halogens is 3. The third-order valence-corrected chi connectivity index (χ3v) is 2.83. The molecule has 1 N–H and O–H groups in total. The summed E-state index contributed by atoms with van der Waals surface area (Å²) in [6.07, 6.45) is -4.44. The molecule has 0 unspecified atom stereocenters. The van der Waals surface area contributed by atoms with Gasteiger partial charge in [0.15, 0.2) is 5.75 Å². The van der Waals surface area contributed by atoms with Crippen molar-refractivity contribution >= 4 is 5.69 Å². The van der Waals surface area contributed by atoms with E-state index >= 15 is 0 Å². The van der Waals surface area contributed by atoms with Crippen molar-refractivity contribution in [1.82, 2.24) is 0 Å². The van der Waals surface area contributed by atoms with Gasteiger partial charge in [-0.1, -0.05) is 6.07 Å². The van der Waals surface area contributed by atoms with Crippen LogP contribution in [0.15, 0.2) is 18.2 Å². The maximum Gasteiger partial charge on any atom is 0.420 e. The van der Waals surface area contributed by atoms with Gasteiger partial charge in [0.2, 0.25) is 0 Å². The molecular weight excluding hydrogens is 259 g/mol. The van der Waals surface area contributed by atoms with Crippen LogP contribution < -0.4 is 9.64 Å².